The monoisotopic (exact) mass is 349 g/mol. The summed E-state index contributed by atoms with van der Waals surface area (Å²) in [5, 5.41) is 0.478. The summed E-state index contributed by atoms with van der Waals surface area (Å²) in [6.07, 6.45) is 3.30. The summed E-state index contributed by atoms with van der Waals surface area (Å²) in [4.78, 5) is 14.7. The van der Waals surface area contributed by atoms with Gasteiger partial charge in [-0.05, 0) is 64.6 Å². The van der Waals surface area contributed by atoms with Gasteiger partial charge >= 0.3 is 7.12 Å². The van der Waals surface area contributed by atoms with Crippen LogP contribution in [0.2, 0.25) is 5.02 Å². The SMILES string of the molecule is CC1(C)OB(c2ccc(Cl)c(C(=O)N3CCCCC3)c2)OC1(C)C. The Labute approximate surface area is 149 Å². The summed E-state index contributed by atoms with van der Waals surface area (Å²) < 4.78 is 12.2. The molecule has 0 atom stereocenters. The van der Waals surface area contributed by atoms with Gasteiger partial charge in [0.25, 0.3) is 5.91 Å². The summed E-state index contributed by atoms with van der Waals surface area (Å²) in [5.41, 5.74) is 0.548. The molecule has 3 rings (SSSR count). The van der Waals surface area contributed by atoms with Crippen LogP contribution in [-0.2, 0) is 9.31 Å². The molecule has 0 radical (unpaired) electrons. The molecule has 0 aromatic heterocycles. The first-order chi connectivity index (χ1) is 11.2. The fraction of sp³-hybridized carbons (Fsp3) is 0.611. The first-order valence-corrected chi connectivity index (χ1v) is 9.03. The first kappa shape index (κ1) is 17.8. The van der Waals surface area contributed by atoms with E-state index in [9.17, 15) is 4.79 Å². The summed E-state index contributed by atoms with van der Waals surface area (Å²) in [6, 6.07) is 5.46. The quantitative estimate of drug-likeness (QED) is 0.769. The van der Waals surface area contributed by atoms with Crippen LogP contribution in [0, 0.1) is 0 Å². The Hall–Kier alpha value is -1.04. The first-order valence-electron chi connectivity index (χ1n) is 8.66. The molecule has 0 N–H and O–H groups in total. The lowest BCUT2D eigenvalue weighted by Gasteiger charge is -2.32. The van der Waals surface area contributed by atoms with Crippen molar-refractivity contribution in [3.63, 3.8) is 0 Å². The van der Waals surface area contributed by atoms with Crippen LogP contribution in [0.15, 0.2) is 18.2 Å². The lowest BCUT2D eigenvalue weighted by Crippen LogP contribution is -2.41. The molecule has 24 heavy (non-hydrogen) atoms. The van der Waals surface area contributed by atoms with Gasteiger partial charge in [0, 0.05) is 13.1 Å². The van der Waals surface area contributed by atoms with Crippen LogP contribution < -0.4 is 5.46 Å². The molecule has 0 bridgehead atoms. The van der Waals surface area contributed by atoms with E-state index in [1.54, 1.807) is 6.07 Å². The number of likely N-dealkylation sites (tertiary alicyclic amines) is 1. The zero-order valence-electron chi connectivity index (χ0n) is 14.9. The zero-order chi connectivity index (χ0) is 17.5. The number of benzene rings is 1. The molecule has 0 unspecified atom stereocenters. The van der Waals surface area contributed by atoms with E-state index in [1.807, 2.05) is 44.7 Å². The molecular weight excluding hydrogens is 324 g/mol. The Morgan fingerprint density at radius 2 is 1.67 bits per heavy atom. The van der Waals surface area contributed by atoms with E-state index in [1.165, 1.54) is 6.42 Å². The Morgan fingerprint density at radius 1 is 1.08 bits per heavy atom. The van der Waals surface area contributed by atoms with E-state index in [0.29, 0.717) is 10.6 Å². The molecule has 2 aliphatic rings. The maximum atomic E-state index is 12.8. The largest absolute Gasteiger partial charge is 0.494 e. The molecule has 2 saturated heterocycles. The molecule has 6 heteroatoms. The standard InChI is InChI=1S/C18H25BClNO3/c1-17(2)18(3,4)24-19(23-17)13-8-9-15(20)14(12-13)16(22)21-10-6-5-7-11-21/h8-9,12H,5-7,10-11H2,1-4H3. The second kappa shape index (κ2) is 6.36. The van der Waals surface area contributed by atoms with Crippen molar-refractivity contribution in [2.24, 2.45) is 0 Å². The van der Waals surface area contributed by atoms with E-state index >= 15 is 0 Å². The number of halogens is 1. The highest BCUT2D eigenvalue weighted by Gasteiger charge is 2.51. The summed E-state index contributed by atoms with van der Waals surface area (Å²) in [6.45, 7) is 9.67. The van der Waals surface area contributed by atoms with Crippen LogP contribution in [0.4, 0.5) is 0 Å². The molecular formula is C18H25BClNO3. The van der Waals surface area contributed by atoms with Crippen molar-refractivity contribution in [3.8, 4) is 0 Å². The van der Waals surface area contributed by atoms with Crippen molar-refractivity contribution in [1.82, 2.24) is 4.90 Å². The third-order valence-electron chi connectivity index (χ3n) is 5.39. The minimum absolute atomic E-state index is 0.00179. The highest BCUT2D eigenvalue weighted by atomic mass is 35.5. The average molecular weight is 350 g/mol. The molecule has 1 aromatic carbocycles. The van der Waals surface area contributed by atoms with Crippen LogP contribution in [0.5, 0.6) is 0 Å². The fourth-order valence-electron chi connectivity index (χ4n) is 3.10. The van der Waals surface area contributed by atoms with Gasteiger partial charge in [-0.1, -0.05) is 17.7 Å². The van der Waals surface area contributed by atoms with Gasteiger partial charge in [0.15, 0.2) is 0 Å². The van der Waals surface area contributed by atoms with Crippen LogP contribution in [-0.4, -0.2) is 42.2 Å². The molecule has 2 fully saturated rings. The number of amides is 1. The van der Waals surface area contributed by atoms with E-state index < -0.39 is 18.3 Å². The van der Waals surface area contributed by atoms with Gasteiger partial charge < -0.3 is 14.2 Å². The highest BCUT2D eigenvalue weighted by Crippen LogP contribution is 2.36. The third kappa shape index (κ3) is 3.22. The van der Waals surface area contributed by atoms with E-state index in [4.69, 9.17) is 20.9 Å². The second-order valence-electron chi connectivity index (χ2n) is 7.68. The normalized spacial score (nSPS) is 22.7. The van der Waals surface area contributed by atoms with Gasteiger partial charge in [0.05, 0.1) is 21.8 Å². The number of hydrogen-bond donors (Lipinski definition) is 0. The Bertz CT molecular complexity index is 625. The molecule has 2 aliphatic heterocycles. The molecule has 0 spiro atoms. The highest BCUT2D eigenvalue weighted by molar-refractivity contribution is 6.62. The second-order valence-corrected chi connectivity index (χ2v) is 8.09. The predicted molar refractivity (Wildman–Crippen MR) is 96.9 cm³/mol. The number of nitrogens with zero attached hydrogens (tertiary/aromatic N) is 1. The molecule has 130 valence electrons. The smallest absolute Gasteiger partial charge is 0.399 e. The molecule has 2 heterocycles. The van der Waals surface area contributed by atoms with Crippen molar-refractivity contribution >= 4 is 30.1 Å². The summed E-state index contributed by atoms with van der Waals surface area (Å²) in [5.74, 6) is -0.00179. The van der Waals surface area contributed by atoms with E-state index in [2.05, 4.69) is 0 Å². The predicted octanol–water partition coefficient (Wildman–Crippen LogP) is 3.27. The van der Waals surface area contributed by atoms with Crippen molar-refractivity contribution in [2.75, 3.05) is 13.1 Å². The maximum Gasteiger partial charge on any atom is 0.494 e. The zero-order valence-corrected chi connectivity index (χ0v) is 15.7. The topological polar surface area (TPSA) is 38.8 Å². The van der Waals surface area contributed by atoms with Crippen molar-refractivity contribution < 1.29 is 14.1 Å². The lowest BCUT2D eigenvalue weighted by molar-refractivity contribution is 0.00578. The van der Waals surface area contributed by atoms with Gasteiger partial charge in [0.1, 0.15) is 0 Å². The number of piperidine rings is 1. The summed E-state index contributed by atoms with van der Waals surface area (Å²) in [7, 11) is -0.486. The Balaban J connectivity index is 1.86. The minimum Gasteiger partial charge on any atom is -0.399 e. The molecule has 0 saturated carbocycles. The van der Waals surface area contributed by atoms with Gasteiger partial charge in [-0.3, -0.25) is 4.79 Å². The number of carbonyl (C=O) groups excluding carboxylic acids is 1. The Kier molecular flexibility index (Phi) is 4.71. The fourth-order valence-corrected chi connectivity index (χ4v) is 3.30. The Morgan fingerprint density at radius 3 is 2.25 bits per heavy atom. The number of rotatable bonds is 2. The number of hydrogen-bond acceptors (Lipinski definition) is 3. The molecule has 0 aliphatic carbocycles. The van der Waals surface area contributed by atoms with Gasteiger partial charge in [-0.25, -0.2) is 0 Å². The van der Waals surface area contributed by atoms with Crippen LogP contribution in [0.1, 0.15) is 57.3 Å². The van der Waals surface area contributed by atoms with Crippen LogP contribution in [0.25, 0.3) is 0 Å². The lowest BCUT2D eigenvalue weighted by atomic mass is 9.78. The van der Waals surface area contributed by atoms with Gasteiger partial charge in [-0.15, -0.1) is 0 Å². The minimum atomic E-state index is -0.486. The van der Waals surface area contributed by atoms with Crippen molar-refractivity contribution in [3.05, 3.63) is 28.8 Å². The van der Waals surface area contributed by atoms with Gasteiger partial charge in [-0.2, -0.15) is 0 Å². The van der Waals surface area contributed by atoms with Gasteiger partial charge in [0.2, 0.25) is 0 Å². The van der Waals surface area contributed by atoms with Crippen LogP contribution in [0.3, 0.4) is 0 Å². The molecule has 1 aromatic rings. The number of carbonyl (C=O) groups is 1. The molecule has 1 amide bonds. The van der Waals surface area contributed by atoms with Crippen molar-refractivity contribution in [2.45, 2.75) is 58.2 Å². The molecule has 4 nitrogen and oxygen atoms in total. The van der Waals surface area contributed by atoms with Crippen molar-refractivity contribution in [1.29, 1.82) is 0 Å². The van der Waals surface area contributed by atoms with E-state index in [0.717, 1.165) is 31.4 Å². The average Bonchev–Trinajstić information content (AvgIpc) is 2.76. The third-order valence-corrected chi connectivity index (χ3v) is 5.72. The van der Waals surface area contributed by atoms with E-state index in [-0.39, 0.29) is 5.91 Å². The summed E-state index contributed by atoms with van der Waals surface area (Å²) >= 11 is 6.30. The van der Waals surface area contributed by atoms with Crippen LogP contribution >= 0.6 is 11.6 Å². The maximum absolute atomic E-state index is 12.8.